The molecule has 112 valence electrons. The van der Waals surface area contributed by atoms with Crippen LogP contribution in [0.1, 0.15) is 26.2 Å². The normalized spacial score (nSPS) is 11.3. The standard InChI is InChI=1S/C12H18N2O5S/c1-3-4-5-8-13-20(17,18)12-7-6-10(19-2)9-11(12)14(15)16/h6-7,9,13H,3-5,8H2,1-2H3. The van der Waals surface area contributed by atoms with Crippen LogP contribution < -0.4 is 9.46 Å². The van der Waals surface area contributed by atoms with E-state index in [-0.39, 0.29) is 17.2 Å². The number of methoxy groups -OCH3 is 1. The molecule has 0 saturated heterocycles. The Bertz CT molecular complexity index is 571. The number of ether oxygens (including phenoxy) is 1. The molecule has 0 aliphatic heterocycles. The molecular formula is C12H18N2O5S. The highest BCUT2D eigenvalue weighted by Gasteiger charge is 2.25. The number of nitro benzene ring substituents is 1. The molecule has 0 aliphatic carbocycles. The lowest BCUT2D eigenvalue weighted by atomic mass is 10.3. The summed E-state index contributed by atoms with van der Waals surface area (Å²) >= 11 is 0. The third kappa shape index (κ3) is 4.17. The molecule has 0 radical (unpaired) electrons. The number of nitrogens with one attached hydrogen (secondary N) is 1. The van der Waals surface area contributed by atoms with Gasteiger partial charge in [-0.05, 0) is 18.6 Å². The number of unbranched alkanes of at least 4 members (excludes halogenated alkanes) is 2. The number of hydrogen-bond donors (Lipinski definition) is 1. The van der Waals surface area contributed by atoms with E-state index in [4.69, 9.17) is 4.74 Å². The van der Waals surface area contributed by atoms with Crippen LogP contribution in [-0.2, 0) is 10.0 Å². The van der Waals surface area contributed by atoms with Crippen LogP contribution in [0.2, 0.25) is 0 Å². The molecule has 7 nitrogen and oxygen atoms in total. The zero-order chi connectivity index (χ0) is 15.2. The molecule has 0 fully saturated rings. The molecule has 0 unspecified atom stereocenters. The summed E-state index contributed by atoms with van der Waals surface area (Å²) in [6.45, 7) is 2.27. The first kappa shape index (κ1) is 16.4. The molecule has 0 atom stereocenters. The predicted molar refractivity (Wildman–Crippen MR) is 74.4 cm³/mol. The van der Waals surface area contributed by atoms with Crippen LogP contribution in [-0.4, -0.2) is 27.0 Å². The van der Waals surface area contributed by atoms with Gasteiger partial charge in [-0.15, -0.1) is 0 Å². The summed E-state index contributed by atoms with van der Waals surface area (Å²) in [5, 5.41) is 11.0. The van der Waals surface area contributed by atoms with E-state index in [0.29, 0.717) is 6.42 Å². The second kappa shape index (κ2) is 7.20. The highest BCUT2D eigenvalue weighted by Crippen LogP contribution is 2.28. The van der Waals surface area contributed by atoms with Gasteiger partial charge in [0.15, 0.2) is 4.90 Å². The Morgan fingerprint density at radius 3 is 2.60 bits per heavy atom. The van der Waals surface area contributed by atoms with Crippen molar-refractivity contribution in [2.75, 3.05) is 13.7 Å². The van der Waals surface area contributed by atoms with Crippen LogP contribution in [0.15, 0.2) is 23.1 Å². The Kier molecular flexibility index (Phi) is 5.90. The molecule has 8 heteroatoms. The quantitative estimate of drug-likeness (QED) is 0.450. The SMILES string of the molecule is CCCCCNS(=O)(=O)c1ccc(OC)cc1[N+](=O)[O-]. The van der Waals surface area contributed by atoms with E-state index >= 15 is 0 Å². The topological polar surface area (TPSA) is 98.5 Å². The minimum atomic E-state index is -3.89. The van der Waals surface area contributed by atoms with Crippen LogP contribution in [0, 0.1) is 10.1 Å². The van der Waals surface area contributed by atoms with Crippen LogP contribution in [0.25, 0.3) is 0 Å². The Balaban J connectivity index is 3.02. The Morgan fingerprint density at radius 2 is 2.05 bits per heavy atom. The number of hydrogen-bond acceptors (Lipinski definition) is 5. The molecule has 1 aromatic rings. The van der Waals surface area contributed by atoms with E-state index in [1.54, 1.807) is 0 Å². The summed E-state index contributed by atoms with van der Waals surface area (Å²) in [5.41, 5.74) is -0.493. The summed E-state index contributed by atoms with van der Waals surface area (Å²) in [5.74, 6) is 0.238. The molecule has 1 aromatic carbocycles. The zero-order valence-corrected chi connectivity index (χ0v) is 12.3. The van der Waals surface area contributed by atoms with Gasteiger partial charge < -0.3 is 4.74 Å². The van der Waals surface area contributed by atoms with E-state index in [1.165, 1.54) is 19.2 Å². The Morgan fingerprint density at radius 1 is 1.35 bits per heavy atom. The molecule has 0 bridgehead atoms. The third-order valence-corrected chi connectivity index (χ3v) is 4.23. The third-order valence-electron chi connectivity index (χ3n) is 2.72. The summed E-state index contributed by atoms with van der Waals surface area (Å²) in [7, 11) is -2.53. The fourth-order valence-electron chi connectivity index (χ4n) is 1.65. The number of nitro groups is 1. The van der Waals surface area contributed by atoms with E-state index in [0.717, 1.165) is 18.9 Å². The first-order valence-corrected chi connectivity index (χ1v) is 7.72. The second-order valence-corrected chi connectivity index (χ2v) is 5.93. The summed E-state index contributed by atoms with van der Waals surface area (Å²) in [4.78, 5) is 9.89. The van der Waals surface area contributed by atoms with Crippen molar-refractivity contribution in [2.45, 2.75) is 31.1 Å². The van der Waals surface area contributed by atoms with Gasteiger partial charge in [0.05, 0.1) is 18.1 Å². The van der Waals surface area contributed by atoms with Gasteiger partial charge in [0.2, 0.25) is 10.0 Å². The summed E-state index contributed by atoms with van der Waals surface area (Å²) < 4.78 is 31.4. The number of rotatable bonds is 8. The maximum absolute atomic E-state index is 12.1. The van der Waals surface area contributed by atoms with Gasteiger partial charge in [-0.1, -0.05) is 19.8 Å². The van der Waals surface area contributed by atoms with Crippen molar-refractivity contribution in [1.82, 2.24) is 4.72 Å². The van der Waals surface area contributed by atoms with E-state index in [9.17, 15) is 18.5 Å². The van der Waals surface area contributed by atoms with E-state index < -0.39 is 20.6 Å². The molecule has 0 amide bonds. The largest absolute Gasteiger partial charge is 0.497 e. The van der Waals surface area contributed by atoms with Crippen molar-refractivity contribution in [1.29, 1.82) is 0 Å². The van der Waals surface area contributed by atoms with E-state index in [2.05, 4.69) is 4.72 Å². The van der Waals surface area contributed by atoms with Crippen molar-refractivity contribution in [3.05, 3.63) is 28.3 Å². The van der Waals surface area contributed by atoms with Gasteiger partial charge in [0, 0.05) is 6.54 Å². The highest BCUT2D eigenvalue weighted by atomic mass is 32.2. The maximum Gasteiger partial charge on any atom is 0.293 e. The number of sulfonamides is 1. The molecule has 0 spiro atoms. The van der Waals surface area contributed by atoms with E-state index in [1.807, 2.05) is 6.92 Å². The van der Waals surface area contributed by atoms with Crippen molar-refractivity contribution in [3.8, 4) is 5.75 Å². The van der Waals surface area contributed by atoms with Gasteiger partial charge in [-0.2, -0.15) is 0 Å². The maximum atomic E-state index is 12.1. The van der Waals surface area contributed by atoms with Crippen molar-refractivity contribution in [3.63, 3.8) is 0 Å². The lowest BCUT2D eigenvalue weighted by Crippen LogP contribution is -2.25. The first-order chi connectivity index (χ1) is 9.42. The van der Waals surface area contributed by atoms with Gasteiger partial charge in [-0.25, -0.2) is 13.1 Å². The summed E-state index contributed by atoms with van der Waals surface area (Å²) in [6, 6.07) is 3.66. The Hall–Kier alpha value is -1.67. The average Bonchev–Trinajstić information content (AvgIpc) is 2.42. The van der Waals surface area contributed by atoms with Gasteiger partial charge in [0.25, 0.3) is 5.69 Å². The predicted octanol–water partition coefficient (Wildman–Crippen LogP) is 2.07. The smallest absolute Gasteiger partial charge is 0.293 e. The fraction of sp³-hybridized carbons (Fsp3) is 0.500. The van der Waals surface area contributed by atoms with Crippen LogP contribution in [0.3, 0.4) is 0 Å². The number of nitrogens with zero attached hydrogens (tertiary/aromatic N) is 1. The van der Waals surface area contributed by atoms with Crippen LogP contribution >= 0.6 is 0 Å². The molecule has 0 saturated carbocycles. The van der Waals surface area contributed by atoms with Gasteiger partial charge in [-0.3, -0.25) is 10.1 Å². The minimum absolute atomic E-state index is 0.238. The lowest BCUT2D eigenvalue weighted by molar-refractivity contribution is -0.387. The monoisotopic (exact) mass is 302 g/mol. The second-order valence-electron chi connectivity index (χ2n) is 4.20. The van der Waals surface area contributed by atoms with Crippen LogP contribution in [0.5, 0.6) is 5.75 Å². The van der Waals surface area contributed by atoms with Gasteiger partial charge in [0.1, 0.15) is 5.75 Å². The molecular weight excluding hydrogens is 284 g/mol. The molecule has 1 N–H and O–H groups in total. The van der Waals surface area contributed by atoms with Crippen LogP contribution in [0.4, 0.5) is 5.69 Å². The summed E-state index contributed by atoms with van der Waals surface area (Å²) in [6.07, 6.45) is 2.55. The molecule has 1 rings (SSSR count). The molecule has 20 heavy (non-hydrogen) atoms. The first-order valence-electron chi connectivity index (χ1n) is 6.24. The van der Waals surface area contributed by atoms with Gasteiger partial charge >= 0.3 is 0 Å². The number of benzene rings is 1. The lowest BCUT2D eigenvalue weighted by Gasteiger charge is -2.08. The molecule has 0 aromatic heterocycles. The minimum Gasteiger partial charge on any atom is -0.497 e. The molecule has 0 aliphatic rings. The Labute approximate surface area is 118 Å². The zero-order valence-electron chi connectivity index (χ0n) is 11.5. The van der Waals surface area contributed by atoms with Crippen molar-refractivity contribution < 1.29 is 18.1 Å². The highest BCUT2D eigenvalue weighted by molar-refractivity contribution is 7.89. The molecule has 0 heterocycles. The van der Waals surface area contributed by atoms with Crippen molar-refractivity contribution >= 4 is 15.7 Å². The average molecular weight is 302 g/mol. The fourth-order valence-corrected chi connectivity index (χ4v) is 2.88. The van der Waals surface area contributed by atoms with Crippen molar-refractivity contribution in [2.24, 2.45) is 0 Å².